The van der Waals surface area contributed by atoms with Crippen LogP contribution in [0.1, 0.15) is 67.2 Å². The Hall–Kier alpha value is 1.32. The largest absolute Gasteiger partial charge is 0.354 e. The predicted octanol–water partition coefficient (Wildman–Crippen LogP) is 5.24. The monoisotopic (exact) mass is 502 g/mol. The van der Waals surface area contributed by atoms with Gasteiger partial charge in [-0.1, -0.05) is 75.2 Å². The van der Waals surface area contributed by atoms with Crippen LogP contribution in [0.25, 0.3) is 0 Å². The minimum atomic E-state index is -0.435. The van der Waals surface area contributed by atoms with Crippen molar-refractivity contribution in [2.24, 2.45) is 0 Å². The molecule has 0 N–H and O–H groups in total. The third-order valence-corrected chi connectivity index (χ3v) is 13.1. The summed E-state index contributed by atoms with van der Waals surface area (Å²) in [4.78, 5) is 0. The van der Waals surface area contributed by atoms with E-state index in [1.54, 1.807) is 0 Å². The third kappa shape index (κ3) is 14.2. The average molecular weight is 503 g/mol. The lowest BCUT2D eigenvalue weighted by atomic mass is 10.5. The highest BCUT2D eigenvalue weighted by molar-refractivity contribution is 9.09. The molecule has 0 heterocycles. The van der Waals surface area contributed by atoms with Gasteiger partial charge in [-0.3, -0.25) is 0 Å². The summed E-state index contributed by atoms with van der Waals surface area (Å²) in [5, 5.41) is 0. The van der Waals surface area contributed by atoms with Crippen molar-refractivity contribution in [1.29, 1.82) is 0 Å². The Bertz CT molecular complexity index is 321. The zero-order valence-corrected chi connectivity index (χ0v) is 25.0. The number of hydrogen-bond donors (Lipinski definition) is 0. The van der Waals surface area contributed by atoms with E-state index in [1.807, 2.05) is 31.4 Å². The average Bonchev–Trinajstić information content (AvgIpc) is 2.73. The fourth-order valence-electron chi connectivity index (χ4n) is 2.86. The molecule has 0 aliphatic carbocycles. The summed E-state index contributed by atoms with van der Waals surface area (Å²) in [5.74, 6) is 1.82. The van der Waals surface area contributed by atoms with E-state index < -0.39 is 19.0 Å². The zero-order chi connectivity index (χ0) is 21.8. The second kappa shape index (κ2) is 20.0. The molecule has 9 heteroatoms. The summed E-state index contributed by atoms with van der Waals surface area (Å²) in [6.45, 7) is 16.3. The van der Waals surface area contributed by atoms with Crippen molar-refractivity contribution >= 4 is 50.5 Å². The van der Waals surface area contributed by atoms with Gasteiger partial charge in [0, 0.05) is 26.4 Å². The van der Waals surface area contributed by atoms with Crippen LogP contribution in [0.4, 0.5) is 0 Å². The summed E-state index contributed by atoms with van der Waals surface area (Å²) in [5.41, 5.74) is -0.628. The molecule has 0 saturated carbocycles. The van der Waals surface area contributed by atoms with Gasteiger partial charge in [0.1, 0.15) is 0 Å². The highest BCUT2D eigenvalue weighted by Crippen LogP contribution is 2.40. The van der Waals surface area contributed by atoms with Gasteiger partial charge in [0.2, 0.25) is 0 Å². The molecule has 0 spiro atoms. The number of rotatable bonds is 22. The highest BCUT2D eigenvalue weighted by Gasteiger charge is 2.33. The van der Waals surface area contributed by atoms with Crippen LogP contribution >= 0.6 is 31.4 Å². The van der Waals surface area contributed by atoms with E-state index in [4.69, 9.17) is 18.9 Å². The van der Waals surface area contributed by atoms with Gasteiger partial charge in [-0.05, 0) is 35.5 Å². The fraction of sp³-hybridized carbons (Fsp3) is 1.00. The Kier molecular flexibility index (Phi) is 20.9. The van der Waals surface area contributed by atoms with Gasteiger partial charge in [-0.25, -0.2) is 0 Å². The molecule has 0 bridgehead atoms. The Morgan fingerprint density at radius 3 is 1.10 bits per heavy atom. The summed E-state index contributed by atoms with van der Waals surface area (Å²) >= 11 is 0. The first-order chi connectivity index (χ1) is 14.1. The van der Waals surface area contributed by atoms with Crippen molar-refractivity contribution in [3.05, 3.63) is 0 Å². The summed E-state index contributed by atoms with van der Waals surface area (Å²) in [7, 11) is 4.73. The molecule has 0 aliphatic rings. The smallest absolute Gasteiger partial charge is 0.154 e. The standard InChI is InChI=1S/C20H46O4S3Si2/c1-7-13-21-19(28-11-5,22-14-8-2)17-25-27-26-18-20(29-12-6,23-15-9-3)24-16-10-4/h7-18,28-29H2,1-6H3. The van der Waals surface area contributed by atoms with E-state index >= 15 is 0 Å². The lowest BCUT2D eigenvalue weighted by Crippen LogP contribution is -2.45. The fourth-order valence-corrected chi connectivity index (χ4v) is 12.1. The topological polar surface area (TPSA) is 36.9 Å². The highest BCUT2D eigenvalue weighted by atomic mass is 33.5. The van der Waals surface area contributed by atoms with Crippen LogP contribution in [-0.2, 0) is 18.9 Å². The van der Waals surface area contributed by atoms with Gasteiger partial charge in [0.05, 0.1) is 30.5 Å². The SMILES string of the molecule is CCCOC(CSSSCC(OCCC)(OCCC)[SiH2]CC)(OCCC)[SiH2]CC. The quantitative estimate of drug-likeness (QED) is 0.0866. The molecule has 0 atom stereocenters. The van der Waals surface area contributed by atoms with E-state index in [1.165, 1.54) is 12.1 Å². The van der Waals surface area contributed by atoms with Gasteiger partial charge in [0.25, 0.3) is 0 Å². The predicted molar refractivity (Wildman–Crippen MR) is 141 cm³/mol. The molecule has 4 nitrogen and oxygen atoms in total. The van der Waals surface area contributed by atoms with Crippen LogP contribution < -0.4 is 0 Å². The van der Waals surface area contributed by atoms with Crippen molar-refractivity contribution in [3.8, 4) is 0 Å². The Morgan fingerprint density at radius 2 is 0.862 bits per heavy atom. The Labute approximate surface area is 196 Å². The molecule has 0 unspecified atom stereocenters. The van der Waals surface area contributed by atoms with Crippen LogP contribution in [0, 0.1) is 0 Å². The van der Waals surface area contributed by atoms with E-state index in [2.05, 4.69) is 41.5 Å². The van der Waals surface area contributed by atoms with Gasteiger partial charge < -0.3 is 18.9 Å². The van der Waals surface area contributed by atoms with Crippen molar-refractivity contribution in [2.45, 2.75) is 90.1 Å². The third-order valence-electron chi connectivity index (χ3n) is 4.19. The lowest BCUT2D eigenvalue weighted by Gasteiger charge is -2.34. The van der Waals surface area contributed by atoms with E-state index in [0.29, 0.717) is 0 Å². The van der Waals surface area contributed by atoms with Crippen molar-refractivity contribution in [2.75, 3.05) is 37.9 Å². The molecule has 0 aromatic rings. The van der Waals surface area contributed by atoms with Crippen molar-refractivity contribution in [3.63, 3.8) is 0 Å². The molecule has 0 aromatic carbocycles. The van der Waals surface area contributed by atoms with Crippen LogP contribution in [0.2, 0.25) is 12.1 Å². The van der Waals surface area contributed by atoms with Gasteiger partial charge in [-0.2, -0.15) is 0 Å². The summed E-state index contributed by atoms with van der Waals surface area (Å²) in [6.07, 6.45) is 4.15. The van der Waals surface area contributed by atoms with Crippen LogP contribution in [0.3, 0.4) is 0 Å². The van der Waals surface area contributed by atoms with Crippen molar-refractivity contribution in [1.82, 2.24) is 0 Å². The van der Waals surface area contributed by atoms with Crippen LogP contribution in [0.5, 0.6) is 0 Å². The molecule has 0 radical (unpaired) electrons. The second-order valence-corrected chi connectivity index (χ2v) is 16.7. The normalized spacial score (nSPS) is 13.4. The number of ether oxygens (including phenoxy) is 4. The molecule has 176 valence electrons. The number of hydrogen-bond acceptors (Lipinski definition) is 7. The Morgan fingerprint density at radius 1 is 0.552 bits per heavy atom. The molecular formula is C20H46O4S3Si2. The zero-order valence-electron chi connectivity index (χ0n) is 19.8. The summed E-state index contributed by atoms with van der Waals surface area (Å²) in [6, 6.07) is 2.40. The molecule has 0 fully saturated rings. The molecule has 29 heavy (non-hydrogen) atoms. The van der Waals surface area contributed by atoms with E-state index in [9.17, 15) is 0 Å². The molecular weight excluding hydrogens is 457 g/mol. The molecule has 0 aliphatic heterocycles. The van der Waals surface area contributed by atoms with Crippen molar-refractivity contribution < 1.29 is 18.9 Å². The Balaban J connectivity index is 4.72. The van der Waals surface area contributed by atoms with Crippen LogP contribution in [0.15, 0.2) is 0 Å². The minimum Gasteiger partial charge on any atom is -0.354 e. The van der Waals surface area contributed by atoms with Gasteiger partial charge in [0.15, 0.2) is 10.8 Å². The molecule has 0 rings (SSSR count). The molecule has 0 saturated heterocycles. The van der Waals surface area contributed by atoms with Gasteiger partial charge >= 0.3 is 0 Å². The second-order valence-electron chi connectivity index (χ2n) is 7.31. The maximum atomic E-state index is 6.27. The first-order valence-corrected chi connectivity index (χ1v) is 18.8. The first kappa shape index (κ1) is 30.3. The molecule has 0 aromatic heterocycles. The van der Waals surface area contributed by atoms with Crippen LogP contribution in [-0.4, -0.2) is 67.8 Å². The molecule has 0 amide bonds. The van der Waals surface area contributed by atoms with Gasteiger partial charge in [-0.15, -0.1) is 0 Å². The lowest BCUT2D eigenvalue weighted by molar-refractivity contribution is -0.165. The maximum Gasteiger partial charge on any atom is 0.154 e. The summed E-state index contributed by atoms with van der Waals surface area (Å²) < 4.78 is 25.1. The first-order valence-electron chi connectivity index (χ1n) is 11.5. The maximum absolute atomic E-state index is 6.27. The van der Waals surface area contributed by atoms with E-state index in [-0.39, 0.29) is 10.8 Å². The minimum absolute atomic E-state index is 0.314. The van der Waals surface area contributed by atoms with E-state index in [0.717, 1.165) is 63.6 Å².